The quantitative estimate of drug-likeness (QED) is 0.650. The molecule has 4 rings (SSSR count). The molecule has 0 saturated carbocycles. The minimum atomic E-state index is 0.523. The average molecular weight is 381 g/mol. The molecule has 150 valence electrons. The van der Waals surface area contributed by atoms with Gasteiger partial charge in [0, 0.05) is 38.8 Å². The lowest BCUT2D eigenvalue weighted by Gasteiger charge is -2.27. The molecule has 0 radical (unpaired) electrons. The van der Waals surface area contributed by atoms with E-state index in [2.05, 4.69) is 65.4 Å². The smallest absolute Gasteiger partial charge is 0.118 e. The van der Waals surface area contributed by atoms with Crippen molar-refractivity contribution in [2.75, 3.05) is 46.9 Å². The fraction of sp³-hybridized carbons (Fsp3) is 0.500. The van der Waals surface area contributed by atoms with Gasteiger partial charge in [-0.2, -0.15) is 0 Å². The van der Waals surface area contributed by atoms with Gasteiger partial charge in [-0.25, -0.2) is 0 Å². The number of benzene rings is 2. The second-order valence-electron chi connectivity index (χ2n) is 8.23. The van der Waals surface area contributed by atoms with Crippen LogP contribution in [0.3, 0.4) is 0 Å². The molecule has 0 aromatic heterocycles. The van der Waals surface area contributed by atoms with E-state index in [0.29, 0.717) is 6.04 Å². The van der Waals surface area contributed by atoms with Gasteiger partial charge >= 0.3 is 0 Å². The Labute approximate surface area is 169 Å². The van der Waals surface area contributed by atoms with Crippen molar-refractivity contribution in [2.24, 2.45) is 11.8 Å². The van der Waals surface area contributed by atoms with Crippen molar-refractivity contribution in [2.45, 2.75) is 19.1 Å². The highest BCUT2D eigenvalue weighted by Gasteiger charge is 2.45. The third-order valence-electron chi connectivity index (χ3n) is 6.30. The summed E-state index contributed by atoms with van der Waals surface area (Å²) in [4.78, 5) is 5.18. The molecule has 2 aliphatic heterocycles. The number of nitrogens with zero attached hydrogens (tertiary/aromatic N) is 2. The molecule has 28 heavy (non-hydrogen) atoms. The standard InChI is InChI=1S/C24H32N2O2/c1-25-15-21-16-26(13-6-14-28-18-19-7-4-3-5-8-19)17-23(21)24(25)20-9-11-22(27-2)12-10-20/h3-5,7-12,21,23-24H,6,13-18H2,1-2H3/t21-,23+,24-/m0/s1. The lowest BCUT2D eigenvalue weighted by atomic mass is 9.89. The molecule has 0 aliphatic carbocycles. The van der Waals surface area contributed by atoms with Crippen LogP contribution in [0.15, 0.2) is 54.6 Å². The van der Waals surface area contributed by atoms with Crippen LogP contribution in [0.1, 0.15) is 23.6 Å². The Bertz CT molecular complexity index is 734. The third kappa shape index (κ3) is 4.40. The molecule has 2 fully saturated rings. The molecule has 0 unspecified atom stereocenters. The van der Waals surface area contributed by atoms with E-state index in [4.69, 9.17) is 9.47 Å². The van der Waals surface area contributed by atoms with Crippen LogP contribution in [0.5, 0.6) is 5.75 Å². The number of rotatable bonds is 8. The van der Waals surface area contributed by atoms with Crippen LogP contribution in [-0.4, -0.2) is 56.7 Å². The summed E-state index contributed by atoms with van der Waals surface area (Å²) in [7, 11) is 4.00. The highest BCUT2D eigenvalue weighted by molar-refractivity contribution is 5.30. The predicted octanol–water partition coefficient (Wildman–Crippen LogP) is 3.84. The topological polar surface area (TPSA) is 24.9 Å². The highest BCUT2D eigenvalue weighted by atomic mass is 16.5. The number of ether oxygens (including phenoxy) is 2. The van der Waals surface area contributed by atoms with E-state index in [9.17, 15) is 0 Å². The lowest BCUT2D eigenvalue weighted by Crippen LogP contribution is -2.30. The van der Waals surface area contributed by atoms with E-state index in [1.54, 1.807) is 7.11 Å². The SMILES string of the molecule is COc1ccc([C@H]2[C@@H]3CN(CCCOCc4ccccc4)C[C@@H]3CN2C)cc1. The van der Waals surface area contributed by atoms with Crippen molar-refractivity contribution >= 4 is 0 Å². The molecule has 0 bridgehead atoms. The zero-order valence-corrected chi connectivity index (χ0v) is 17.1. The first kappa shape index (κ1) is 19.4. The summed E-state index contributed by atoms with van der Waals surface area (Å²) in [6.07, 6.45) is 1.11. The molecule has 0 spiro atoms. The van der Waals surface area contributed by atoms with Crippen molar-refractivity contribution in [3.8, 4) is 5.75 Å². The third-order valence-corrected chi connectivity index (χ3v) is 6.30. The van der Waals surface area contributed by atoms with Gasteiger partial charge in [-0.3, -0.25) is 4.90 Å². The Kier molecular flexibility index (Phi) is 6.30. The van der Waals surface area contributed by atoms with E-state index in [0.717, 1.165) is 43.8 Å². The highest BCUT2D eigenvalue weighted by Crippen LogP contribution is 2.44. The van der Waals surface area contributed by atoms with Crippen LogP contribution in [-0.2, 0) is 11.3 Å². The normalized spacial score (nSPS) is 25.1. The summed E-state index contributed by atoms with van der Waals surface area (Å²) in [6.45, 7) is 6.31. The molecule has 4 nitrogen and oxygen atoms in total. The van der Waals surface area contributed by atoms with Gasteiger partial charge in [-0.1, -0.05) is 42.5 Å². The Balaban J connectivity index is 1.24. The lowest BCUT2D eigenvalue weighted by molar-refractivity contribution is 0.109. The average Bonchev–Trinajstić information content (AvgIpc) is 3.24. The van der Waals surface area contributed by atoms with Gasteiger partial charge in [-0.05, 0) is 48.6 Å². The van der Waals surface area contributed by atoms with Gasteiger partial charge < -0.3 is 14.4 Å². The molecule has 3 atom stereocenters. The summed E-state index contributed by atoms with van der Waals surface area (Å²) in [5, 5.41) is 0. The molecule has 2 aromatic rings. The first-order valence-electron chi connectivity index (χ1n) is 10.4. The van der Waals surface area contributed by atoms with Gasteiger partial charge in [0.2, 0.25) is 0 Å². The Morgan fingerprint density at radius 2 is 1.75 bits per heavy atom. The zero-order valence-electron chi connectivity index (χ0n) is 17.1. The Morgan fingerprint density at radius 1 is 0.964 bits per heavy atom. The molecule has 0 N–H and O–H groups in total. The van der Waals surface area contributed by atoms with E-state index in [1.807, 2.05) is 6.07 Å². The summed E-state index contributed by atoms with van der Waals surface area (Å²) in [5.74, 6) is 2.44. The number of hydrogen-bond acceptors (Lipinski definition) is 4. The second-order valence-corrected chi connectivity index (χ2v) is 8.23. The first-order valence-corrected chi connectivity index (χ1v) is 10.4. The van der Waals surface area contributed by atoms with Crippen molar-refractivity contribution < 1.29 is 9.47 Å². The van der Waals surface area contributed by atoms with Gasteiger partial charge in [-0.15, -0.1) is 0 Å². The van der Waals surface area contributed by atoms with Crippen LogP contribution >= 0.6 is 0 Å². The van der Waals surface area contributed by atoms with Gasteiger partial charge in [0.15, 0.2) is 0 Å². The Morgan fingerprint density at radius 3 is 2.50 bits per heavy atom. The molecule has 2 aromatic carbocycles. The van der Waals surface area contributed by atoms with E-state index < -0.39 is 0 Å². The van der Waals surface area contributed by atoms with E-state index >= 15 is 0 Å². The van der Waals surface area contributed by atoms with Crippen molar-refractivity contribution in [1.82, 2.24) is 9.80 Å². The van der Waals surface area contributed by atoms with Crippen molar-refractivity contribution in [1.29, 1.82) is 0 Å². The number of hydrogen-bond donors (Lipinski definition) is 0. The van der Waals surface area contributed by atoms with Crippen LogP contribution < -0.4 is 4.74 Å². The van der Waals surface area contributed by atoms with E-state index in [1.165, 1.54) is 30.8 Å². The van der Waals surface area contributed by atoms with Gasteiger partial charge in [0.25, 0.3) is 0 Å². The maximum Gasteiger partial charge on any atom is 0.118 e. The zero-order chi connectivity index (χ0) is 19.3. The molecule has 2 heterocycles. The first-order chi connectivity index (χ1) is 13.7. The summed E-state index contributed by atoms with van der Waals surface area (Å²) < 4.78 is 11.2. The molecule has 0 amide bonds. The summed E-state index contributed by atoms with van der Waals surface area (Å²) in [5.41, 5.74) is 2.67. The van der Waals surface area contributed by atoms with Gasteiger partial charge in [0.1, 0.15) is 5.75 Å². The van der Waals surface area contributed by atoms with Gasteiger partial charge in [0.05, 0.1) is 13.7 Å². The fourth-order valence-corrected chi connectivity index (χ4v) is 4.99. The fourth-order valence-electron chi connectivity index (χ4n) is 4.99. The molecular formula is C24H32N2O2. The van der Waals surface area contributed by atoms with Crippen molar-refractivity contribution in [3.63, 3.8) is 0 Å². The van der Waals surface area contributed by atoms with Crippen molar-refractivity contribution in [3.05, 3.63) is 65.7 Å². The summed E-state index contributed by atoms with van der Waals surface area (Å²) >= 11 is 0. The number of fused-ring (bicyclic) bond motifs is 1. The molecule has 2 saturated heterocycles. The number of likely N-dealkylation sites (tertiary alicyclic amines) is 2. The largest absolute Gasteiger partial charge is 0.497 e. The molecular weight excluding hydrogens is 348 g/mol. The van der Waals surface area contributed by atoms with Crippen LogP contribution in [0.2, 0.25) is 0 Å². The van der Waals surface area contributed by atoms with Crippen LogP contribution in [0.4, 0.5) is 0 Å². The maximum atomic E-state index is 5.86. The maximum absolute atomic E-state index is 5.86. The summed E-state index contributed by atoms with van der Waals surface area (Å²) in [6, 6.07) is 19.6. The second kappa shape index (κ2) is 9.08. The van der Waals surface area contributed by atoms with E-state index in [-0.39, 0.29) is 0 Å². The minimum Gasteiger partial charge on any atom is -0.497 e. The molecule has 2 aliphatic rings. The number of methoxy groups -OCH3 is 1. The Hall–Kier alpha value is -1.88. The monoisotopic (exact) mass is 380 g/mol. The van der Waals surface area contributed by atoms with Crippen LogP contribution in [0.25, 0.3) is 0 Å². The minimum absolute atomic E-state index is 0.523. The molecule has 4 heteroatoms. The van der Waals surface area contributed by atoms with Crippen LogP contribution in [0, 0.1) is 11.8 Å². The predicted molar refractivity (Wildman–Crippen MR) is 113 cm³/mol.